The van der Waals surface area contributed by atoms with Crippen LogP contribution in [0.4, 0.5) is 0 Å². The molecule has 0 aromatic heterocycles. The van der Waals surface area contributed by atoms with Crippen LogP contribution in [0.1, 0.15) is 19.3 Å². The van der Waals surface area contributed by atoms with Gasteiger partial charge in [0.2, 0.25) is 0 Å². The SMILES string of the molecule is N#CC1CN(S(=O)(=O)N2CCCCC2)C1. The summed E-state index contributed by atoms with van der Waals surface area (Å²) in [6, 6.07) is 2.08. The molecule has 0 amide bonds. The van der Waals surface area contributed by atoms with E-state index in [9.17, 15) is 8.42 Å². The van der Waals surface area contributed by atoms with Crippen molar-refractivity contribution in [3.8, 4) is 6.07 Å². The normalized spacial score (nSPS) is 25.8. The van der Waals surface area contributed by atoms with E-state index in [0.717, 1.165) is 19.3 Å². The summed E-state index contributed by atoms with van der Waals surface area (Å²) in [5.74, 6) is -0.107. The van der Waals surface area contributed by atoms with E-state index >= 15 is 0 Å². The van der Waals surface area contributed by atoms with Crippen molar-refractivity contribution in [2.45, 2.75) is 19.3 Å². The number of nitriles is 1. The average Bonchev–Trinajstić information content (AvgIpc) is 2.17. The van der Waals surface area contributed by atoms with Crippen molar-refractivity contribution in [1.29, 1.82) is 5.26 Å². The Balaban J connectivity index is 1.98. The fourth-order valence-corrected chi connectivity index (χ4v) is 3.75. The maximum atomic E-state index is 12.0. The first-order valence-electron chi connectivity index (χ1n) is 5.29. The third-order valence-corrected chi connectivity index (χ3v) is 4.97. The smallest absolute Gasteiger partial charge is 0.198 e. The zero-order valence-corrected chi connectivity index (χ0v) is 9.41. The lowest BCUT2D eigenvalue weighted by molar-refractivity contribution is 0.218. The molecule has 0 aromatic rings. The van der Waals surface area contributed by atoms with Crippen LogP contribution in [0, 0.1) is 17.2 Å². The molecule has 0 aromatic carbocycles. The van der Waals surface area contributed by atoms with Crippen molar-refractivity contribution in [2.24, 2.45) is 5.92 Å². The number of piperidine rings is 1. The molecule has 0 spiro atoms. The molecule has 2 fully saturated rings. The van der Waals surface area contributed by atoms with Gasteiger partial charge in [-0.25, -0.2) is 0 Å². The van der Waals surface area contributed by atoms with Gasteiger partial charge in [0.1, 0.15) is 0 Å². The molecule has 0 aliphatic carbocycles. The number of hydrogen-bond donors (Lipinski definition) is 0. The van der Waals surface area contributed by atoms with E-state index in [-0.39, 0.29) is 5.92 Å². The molecular weight excluding hydrogens is 214 g/mol. The Morgan fingerprint density at radius 1 is 1.07 bits per heavy atom. The maximum Gasteiger partial charge on any atom is 0.282 e. The molecule has 15 heavy (non-hydrogen) atoms. The van der Waals surface area contributed by atoms with Crippen LogP contribution in [0.15, 0.2) is 0 Å². The van der Waals surface area contributed by atoms with Crippen LogP contribution >= 0.6 is 0 Å². The van der Waals surface area contributed by atoms with E-state index in [1.54, 1.807) is 4.31 Å². The minimum Gasteiger partial charge on any atom is -0.198 e. The Kier molecular flexibility index (Phi) is 2.96. The summed E-state index contributed by atoms with van der Waals surface area (Å²) in [7, 11) is -3.25. The lowest BCUT2D eigenvalue weighted by Crippen LogP contribution is -2.55. The Labute approximate surface area is 90.5 Å². The quantitative estimate of drug-likeness (QED) is 0.678. The lowest BCUT2D eigenvalue weighted by atomic mass is 10.1. The minimum absolute atomic E-state index is 0.107. The van der Waals surface area contributed by atoms with Gasteiger partial charge in [0.15, 0.2) is 0 Å². The highest BCUT2D eigenvalue weighted by molar-refractivity contribution is 7.86. The van der Waals surface area contributed by atoms with Gasteiger partial charge in [-0.1, -0.05) is 6.42 Å². The molecule has 2 saturated heterocycles. The molecule has 2 aliphatic heterocycles. The molecule has 0 radical (unpaired) electrons. The summed E-state index contributed by atoms with van der Waals surface area (Å²) in [4.78, 5) is 0. The second kappa shape index (κ2) is 4.08. The van der Waals surface area contributed by atoms with Crippen LogP contribution in [-0.2, 0) is 10.2 Å². The number of nitrogens with zero attached hydrogens (tertiary/aromatic N) is 3. The van der Waals surface area contributed by atoms with E-state index in [4.69, 9.17) is 5.26 Å². The predicted octanol–water partition coefficient (Wildman–Crippen LogP) is 0.172. The summed E-state index contributed by atoms with van der Waals surface area (Å²) in [6.07, 6.45) is 3.02. The fraction of sp³-hybridized carbons (Fsp3) is 0.889. The second-order valence-electron chi connectivity index (χ2n) is 4.11. The van der Waals surface area contributed by atoms with Crippen molar-refractivity contribution in [3.63, 3.8) is 0 Å². The standard InChI is InChI=1S/C9H15N3O2S/c10-6-9-7-12(8-9)15(13,14)11-4-2-1-3-5-11/h9H,1-5,7-8H2. The lowest BCUT2D eigenvalue weighted by Gasteiger charge is -2.38. The maximum absolute atomic E-state index is 12.0. The molecule has 2 aliphatic rings. The van der Waals surface area contributed by atoms with Gasteiger partial charge in [-0.05, 0) is 12.8 Å². The highest BCUT2D eigenvalue weighted by Crippen LogP contribution is 2.23. The van der Waals surface area contributed by atoms with Gasteiger partial charge in [-0.15, -0.1) is 0 Å². The van der Waals surface area contributed by atoms with Crippen molar-refractivity contribution >= 4 is 10.2 Å². The molecule has 6 heteroatoms. The highest BCUT2D eigenvalue weighted by atomic mass is 32.2. The highest BCUT2D eigenvalue weighted by Gasteiger charge is 2.39. The summed E-state index contributed by atoms with van der Waals surface area (Å²) >= 11 is 0. The zero-order chi connectivity index (χ0) is 10.9. The van der Waals surface area contributed by atoms with Gasteiger partial charge in [0, 0.05) is 26.2 Å². The van der Waals surface area contributed by atoms with Crippen molar-refractivity contribution in [3.05, 3.63) is 0 Å². The third kappa shape index (κ3) is 2.00. The molecule has 2 heterocycles. The van der Waals surface area contributed by atoms with E-state index < -0.39 is 10.2 Å². The van der Waals surface area contributed by atoms with Crippen LogP contribution < -0.4 is 0 Å². The van der Waals surface area contributed by atoms with Crippen molar-refractivity contribution in [1.82, 2.24) is 8.61 Å². The molecule has 0 saturated carbocycles. The van der Waals surface area contributed by atoms with Gasteiger partial charge >= 0.3 is 0 Å². The predicted molar refractivity (Wildman–Crippen MR) is 55.0 cm³/mol. The molecule has 0 bridgehead atoms. The van der Waals surface area contributed by atoms with E-state index in [2.05, 4.69) is 6.07 Å². The Morgan fingerprint density at radius 3 is 2.20 bits per heavy atom. The van der Waals surface area contributed by atoms with E-state index in [0.29, 0.717) is 26.2 Å². The van der Waals surface area contributed by atoms with Crippen LogP contribution in [0.5, 0.6) is 0 Å². The summed E-state index contributed by atoms with van der Waals surface area (Å²) in [5, 5.41) is 8.59. The van der Waals surface area contributed by atoms with Gasteiger partial charge in [0.25, 0.3) is 10.2 Å². The van der Waals surface area contributed by atoms with Gasteiger partial charge < -0.3 is 0 Å². The van der Waals surface area contributed by atoms with Crippen LogP contribution in [0.25, 0.3) is 0 Å². The molecule has 0 unspecified atom stereocenters. The zero-order valence-electron chi connectivity index (χ0n) is 8.59. The number of rotatable bonds is 2. The van der Waals surface area contributed by atoms with Crippen LogP contribution in [-0.4, -0.2) is 43.2 Å². The molecule has 0 N–H and O–H groups in total. The van der Waals surface area contributed by atoms with Crippen LogP contribution in [0.3, 0.4) is 0 Å². The first-order chi connectivity index (χ1) is 7.14. The summed E-state index contributed by atoms with van der Waals surface area (Å²) in [6.45, 7) is 2.01. The monoisotopic (exact) mass is 229 g/mol. The summed E-state index contributed by atoms with van der Waals surface area (Å²) < 4.78 is 26.9. The third-order valence-electron chi connectivity index (χ3n) is 3.00. The molecule has 0 atom stereocenters. The van der Waals surface area contributed by atoms with E-state index in [1.165, 1.54) is 4.31 Å². The second-order valence-corrected chi connectivity index (χ2v) is 6.04. The number of hydrogen-bond acceptors (Lipinski definition) is 3. The first kappa shape index (κ1) is 10.9. The first-order valence-corrected chi connectivity index (χ1v) is 6.69. The van der Waals surface area contributed by atoms with Gasteiger partial charge in [-0.2, -0.15) is 22.3 Å². The average molecular weight is 229 g/mol. The van der Waals surface area contributed by atoms with Crippen molar-refractivity contribution < 1.29 is 8.42 Å². The Morgan fingerprint density at radius 2 is 1.67 bits per heavy atom. The molecule has 2 rings (SSSR count). The van der Waals surface area contributed by atoms with Crippen LogP contribution in [0.2, 0.25) is 0 Å². The van der Waals surface area contributed by atoms with Crippen molar-refractivity contribution in [2.75, 3.05) is 26.2 Å². The Bertz CT molecular complexity index is 361. The minimum atomic E-state index is -3.25. The Hall–Kier alpha value is -0.640. The topological polar surface area (TPSA) is 64.4 Å². The fourth-order valence-electron chi connectivity index (χ4n) is 1.97. The summed E-state index contributed by atoms with van der Waals surface area (Å²) in [5.41, 5.74) is 0. The molecule has 5 nitrogen and oxygen atoms in total. The largest absolute Gasteiger partial charge is 0.282 e. The van der Waals surface area contributed by atoms with E-state index in [1.807, 2.05) is 0 Å². The molecular formula is C9H15N3O2S. The van der Waals surface area contributed by atoms with Gasteiger partial charge in [0.05, 0.1) is 12.0 Å². The van der Waals surface area contributed by atoms with Gasteiger partial charge in [-0.3, -0.25) is 0 Å². The molecule has 84 valence electrons.